The van der Waals surface area contributed by atoms with Gasteiger partial charge in [-0.1, -0.05) is 11.8 Å². The van der Waals surface area contributed by atoms with Crippen LogP contribution >= 0.6 is 11.8 Å². The molecule has 3 rings (SSSR count). The molecule has 1 aliphatic heterocycles. The molecule has 15 heteroatoms. The molecule has 6 N–H and O–H groups in total. The number of benzene rings is 1. The zero-order valence-corrected chi connectivity index (χ0v) is 18.8. The number of hydrogen-bond donors (Lipinski definition) is 5. The first kappa shape index (κ1) is 26.3. The van der Waals surface area contributed by atoms with Crippen molar-refractivity contribution < 1.29 is 43.0 Å². The predicted molar refractivity (Wildman–Crippen MR) is 115 cm³/mol. The van der Waals surface area contributed by atoms with Crippen LogP contribution in [-0.4, -0.2) is 80.9 Å². The molecule has 2 unspecified atom stereocenters. The third-order valence-corrected chi connectivity index (χ3v) is 6.08. The molecule has 5 atom stereocenters. The van der Waals surface area contributed by atoms with Crippen molar-refractivity contribution in [1.29, 1.82) is 5.26 Å². The number of nitrogens with two attached hydrogens (primary N) is 1. The van der Waals surface area contributed by atoms with Crippen molar-refractivity contribution in [2.75, 3.05) is 13.7 Å². The lowest BCUT2D eigenvalue weighted by atomic mass is 9.98. The fourth-order valence-corrected chi connectivity index (χ4v) is 4.23. The molecule has 35 heavy (non-hydrogen) atoms. The third-order valence-electron chi connectivity index (χ3n) is 5.01. The summed E-state index contributed by atoms with van der Waals surface area (Å²) >= 11 is 0.881. The van der Waals surface area contributed by atoms with Crippen LogP contribution in [0.15, 0.2) is 28.3 Å². The molecule has 2 aromatic rings. The van der Waals surface area contributed by atoms with Gasteiger partial charge >= 0.3 is 0 Å². The summed E-state index contributed by atoms with van der Waals surface area (Å²) in [6.07, 6.45) is -2.95. The van der Waals surface area contributed by atoms with E-state index in [4.69, 9.17) is 20.6 Å². The standard InChI is InChI=1S/C20H19F3N6O5S/c1-33-13-4-15(29-28-11(13)5-24)35-20-19(32)17(18(31)14(7-30)34-20)26-6-12(27-25)8-2-9(21)16(23)10(22)3-8/h2-4,6,14,17-20,30-32H,7,25H2,1H3/p+1/t14?,17?,18-,19-,20+/m0/s1. The molecular weight excluding hydrogens is 493 g/mol. The Balaban J connectivity index is 1.87. The number of hydrazone groups is 1. The van der Waals surface area contributed by atoms with Crippen molar-refractivity contribution in [3.63, 3.8) is 0 Å². The highest BCUT2D eigenvalue weighted by Gasteiger charge is 2.48. The van der Waals surface area contributed by atoms with E-state index in [-0.39, 0.29) is 27.7 Å². The Morgan fingerprint density at radius 3 is 2.54 bits per heavy atom. The number of thioether (sulfide) groups is 1. The molecule has 1 aromatic carbocycles. The molecule has 1 fully saturated rings. The van der Waals surface area contributed by atoms with Gasteiger partial charge in [-0.2, -0.15) is 10.4 Å². The van der Waals surface area contributed by atoms with Crippen LogP contribution in [0.1, 0.15) is 11.3 Å². The highest BCUT2D eigenvalue weighted by atomic mass is 32.2. The highest BCUT2D eigenvalue weighted by Crippen LogP contribution is 2.33. The maximum Gasteiger partial charge on any atom is 0.208 e. The average Bonchev–Trinajstić information content (AvgIpc) is 2.85. The Labute approximate surface area is 200 Å². The number of aliphatic hydroxyl groups excluding tert-OH is 3. The predicted octanol–water partition coefficient (Wildman–Crippen LogP) is -1.81. The van der Waals surface area contributed by atoms with Crippen molar-refractivity contribution >= 4 is 23.7 Å². The van der Waals surface area contributed by atoms with Crippen LogP contribution in [0.5, 0.6) is 5.75 Å². The minimum Gasteiger partial charge on any atom is -0.494 e. The lowest BCUT2D eigenvalue weighted by molar-refractivity contribution is -0.537. The number of rotatable bonds is 7. The SMILES string of the molecule is COc1cc(S[C@H]2OC(CO)[C@H](O)C([NH+]=CC(=NN)c3cc(F)c(F)c(F)c3)[C@@H]2O)nnc1C#N. The van der Waals surface area contributed by atoms with Gasteiger partial charge < -0.3 is 30.6 Å². The molecule has 11 nitrogen and oxygen atoms in total. The summed E-state index contributed by atoms with van der Waals surface area (Å²) in [4.78, 5) is 2.66. The maximum atomic E-state index is 13.6. The average molecular weight is 513 g/mol. The largest absolute Gasteiger partial charge is 0.494 e. The Bertz CT molecular complexity index is 1160. The molecule has 1 aromatic heterocycles. The molecule has 0 spiro atoms. The smallest absolute Gasteiger partial charge is 0.208 e. The van der Waals surface area contributed by atoms with Crippen molar-refractivity contribution in [2.45, 2.75) is 34.8 Å². The van der Waals surface area contributed by atoms with Crippen LogP contribution < -0.4 is 15.6 Å². The summed E-state index contributed by atoms with van der Waals surface area (Å²) in [7, 11) is 1.33. The van der Waals surface area contributed by atoms with E-state index >= 15 is 0 Å². The zero-order valence-electron chi connectivity index (χ0n) is 18.0. The number of nitrogens with one attached hydrogen (secondary N) is 1. The first-order chi connectivity index (χ1) is 16.7. The van der Waals surface area contributed by atoms with Crippen LogP contribution in [0.3, 0.4) is 0 Å². The summed E-state index contributed by atoms with van der Waals surface area (Å²) in [5, 5.41) is 51.3. The lowest BCUT2D eigenvalue weighted by Crippen LogP contribution is -2.87. The van der Waals surface area contributed by atoms with Gasteiger partial charge in [-0.25, -0.2) is 18.2 Å². The summed E-state index contributed by atoms with van der Waals surface area (Å²) in [6.45, 7) is -0.613. The molecule has 0 radical (unpaired) electrons. The number of ether oxygens (including phenoxy) is 2. The van der Waals surface area contributed by atoms with Gasteiger partial charge in [-0.05, 0) is 12.1 Å². The number of nitrogens with zero attached hydrogens (tertiary/aromatic N) is 4. The third kappa shape index (κ3) is 5.69. The van der Waals surface area contributed by atoms with Crippen molar-refractivity contribution in [2.24, 2.45) is 10.9 Å². The van der Waals surface area contributed by atoms with Crippen molar-refractivity contribution in [3.05, 3.63) is 46.9 Å². The van der Waals surface area contributed by atoms with Crippen LogP contribution in [-0.2, 0) is 4.74 Å². The van der Waals surface area contributed by atoms with E-state index in [1.807, 2.05) is 6.07 Å². The topological polar surface area (TPSA) is 181 Å². The quantitative estimate of drug-likeness (QED) is 0.122. The highest BCUT2D eigenvalue weighted by molar-refractivity contribution is 7.99. The molecule has 186 valence electrons. The van der Waals surface area contributed by atoms with Gasteiger partial charge in [0.15, 0.2) is 41.2 Å². The Morgan fingerprint density at radius 1 is 1.29 bits per heavy atom. The van der Waals surface area contributed by atoms with Gasteiger partial charge in [0.05, 0.1) is 13.7 Å². The van der Waals surface area contributed by atoms with Gasteiger partial charge in [0.25, 0.3) is 0 Å². The van der Waals surface area contributed by atoms with Crippen LogP contribution in [0.2, 0.25) is 0 Å². The summed E-state index contributed by atoms with van der Waals surface area (Å²) in [5.74, 6) is 0.846. The second kappa shape index (κ2) is 11.4. The molecule has 0 aliphatic carbocycles. The van der Waals surface area contributed by atoms with E-state index in [2.05, 4.69) is 20.3 Å². The Hall–Kier alpha value is -3.29. The number of methoxy groups -OCH3 is 1. The molecule has 0 bridgehead atoms. The Morgan fingerprint density at radius 2 is 1.97 bits per heavy atom. The first-order valence-corrected chi connectivity index (χ1v) is 10.7. The summed E-state index contributed by atoms with van der Waals surface area (Å²) in [6, 6.07) is 3.37. The molecular formula is C20H20F3N6O5S+. The minimum atomic E-state index is -1.67. The number of aliphatic hydroxyl groups is 3. The number of aromatic nitrogens is 2. The van der Waals surface area contributed by atoms with E-state index in [1.165, 1.54) is 13.2 Å². The van der Waals surface area contributed by atoms with Gasteiger partial charge in [0, 0.05) is 11.6 Å². The van der Waals surface area contributed by atoms with Crippen molar-refractivity contribution in [1.82, 2.24) is 10.2 Å². The number of nitriles is 1. The van der Waals surface area contributed by atoms with E-state index in [1.54, 1.807) is 0 Å². The first-order valence-electron chi connectivity index (χ1n) is 9.87. The Kier molecular flexibility index (Phi) is 8.59. The van der Waals surface area contributed by atoms with Gasteiger partial charge in [-0.15, -0.1) is 10.2 Å². The minimum absolute atomic E-state index is 0.0537. The monoisotopic (exact) mass is 513 g/mol. The van der Waals surface area contributed by atoms with Crippen LogP contribution in [0.4, 0.5) is 13.2 Å². The maximum absolute atomic E-state index is 13.6. The van der Waals surface area contributed by atoms with E-state index in [0.717, 1.165) is 18.0 Å². The van der Waals surface area contributed by atoms with E-state index < -0.39 is 53.8 Å². The number of hydrogen-bond acceptors (Lipinski definition) is 11. The fourth-order valence-electron chi connectivity index (χ4n) is 3.22. The fraction of sp³-hybridized carbons (Fsp3) is 0.350. The molecule has 1 aliphatic rings. The van der Waals surface area contributed by atoms with E-state index in [0.29, 0.717) is 12.1 Å². The summed E-state index contributed by atoms with van der Waals surface area (Å²) in [5.41, 5.74) is -1.58. The second-order valence-electron chi connectivity index (χ2n) is 7.14. The van der Waals surface area contributed by atoms with Crippen LogP contribution in [0, 0.1) is 28.8 Å². The molecule has 2 heterocycles. The van der Waals surface area contributed by atoms with Crippen LogP contribution in [0.25, 0.3) is 0 Å². The van der Waals surface area contributed by atoms with Gasteiger partial charge in [0.1, 0.15) is 28.7 Å². The van der Waals surface area contributed by atoms with Gasteiger partial charge in [0.2, 0.25) is 11.7 Å². The summed E-state index contributed by atoms with van der Waals surface area (Å²) < 4.78 is 51.1. The normalized spacial score (nSPS) is 25.0. The van der Waals surface area contributed by atoms with Crippen molar-refractivity contribution in [3.8, 4) is 11.8 Å². The zero-order chi connectivity index (χ0) is 25.7. The second-order valence-corrected chi connectivity index (χ2v) is 8.26. The molecule has 0 amide bonds. The van der Waals surface area contributed by atoms with Gasteiger partial charge in [-0.3, -0.25) is 0 Å². The van der Waals surface area contributed by atoms with E-state index in [9.17, 15) is 28.5 Å². The number of halogens is 3. The molecule has 0 saturated carbocycles. The lowest BCUT2D eigenvalue weighted by Gasteiger charge is -2.37. The molecule has 1 saturated heterocycles.